The maximum Gasteiger partial charge on any atom is 0.275 e. The number of amides is 1. The number of rotatable bonds is 3. The molecule has 16 heavy (non-hydrogen) atoms. The molecule has 1 heterocycles. The van der Waals surface area contributed by atoms with Gasteiger partial charge < -0.3 is 4.90 Å². The molecule has 1 amide bonds. The van der Waals surface area contributed by atoms with E-state index in [1.54, 1.807) is 17.0 Å². The molecule has 84 valence electrons. The van der Waals surface area contributed by atoms with Gasteiger partial charge in [0.05, 0.1) is 22.6 Å². The highest BCUT2D eigenvalue weighted by molar-refractivity contribution is 5.99. The highest BCUT2D eigenvalue weighted by atomic mass is 16.6. The van der Waals surface area contributed by atoms with E-state index >= 15 is 0 Å². The van der Waals surface area contributed by atoms with Gasteiger partial charge in [0.2, 0.25) is 0 Å². The molecule has 1 aromatic rings. The minimum Gasteiger partial charge on any atom is -0.334 e. The van der Waals surface area contributed by atoms with Crippen LogP contribution in [-0.2, 0) is 6.54 Å². The van der Waals surface area contributed by atoms with E-state index in [9.17, 15) is 14.9 Å². The number of benzene rings is 1. The normalized spacial score (nSPS) is 14.1. The van der Waals surface area contributed by atoms with Crippen LogP contribution >= 0.6 is 0 Å². The third-order valence-electron chi connectivity index (χ3n) is 2.71. The van der Waals surface area contributed by atoms with Crippen LogP contribution in [0.25, 0.3) is 0 Å². The molecule has 0 aliphatic carbocycles. The molecule has 0 spiro atoms. The van der Waals surface area contributed by atoms with Crippen LogP contribution in [0.15, 0.2) is 18.2 Å². The maximum atomic E-state index is 11.9. The number of nitrogens with zero attached hydrogens (tertiary/aromatic N) is 2. The fourth-order valence-electron chi connectivity index (χ4n) is 2.00. The topological polar surface area (TPSA) is 63.4 Å². The first-order valence-electron chi connectivity index (χ1n) is 5.20. The Morgan fingerprint density at radius 3 is 2.88 bits per heavy atom. The molecular weight excluding hydrogens is 208 g/mol. The second-order valence-electron chi connectivity index (χ2n) is 3.79. The molecule has 5 heteroatoms. The Morgan fingerprint density at radius 2 is 2.25 bits per heavy atom. The quantitative estimate of drug-likeness (QED) is 0.577. The van der Waals surface area contributed by atoms with Crippen LogP contribution in [0, 0.1) is 10.1 Å². The summed E-state index contributed by atoms with van der Waals surface area (Å²) in [5, 5.41) is 10.8. The number of carbonyl (C=O) groups is 1. The lowest BCUT2D eigenvalue weighted by Gasteiger charge is -2.13. The summed E-state index contributed by atoms with van der Waals surface area (Å²) in [6.45, 7) is 2.98. The number of hydrogen-bond donors (Lipinski definition) is 0. The van der Waals surface area contributed by atoms with Crippen LogP contribution in [0.2, 0.25) is 0 Å². The van der Waals surface area contributed by atoms with E-state index in [0.717, 1.165) is 6.42 Å². The van der Waals surface area contributed by atoms with E-state index in [4.69, 9.17) is 0 Å². The van der Waals surface area contributed by atoms with Crippen molar-refractivity contribution in [2.45, 2.75) is 19.9 Å². The molecule has 0 atom stereocenters. The van der Waals surface area contributed by atoms with Crippen molar-refractivity contribution in [3.05, 3.63) is 39.4 Å². The Hall–Kier alpha value is -1.91. The predicted molar refractivity (Wildman–Crippen MR) is 58.1 cm³/mol. The van der Waals surface area contributed by atoms with Crippen molar-refractivity contribution in [3.8, 4) is 0 Å². The predicted octanol–water partition coefficient (Wildman–Crippen LogP) is 1.96. The number of fused-ring (bicyclic) bond motifs is 1. The molecule has 1 aliphatic heterocycles. The van der Waals surface area contributed by atoms with Gasteiger partial charge in [0.1, 0.15) is 0 Å². The van der Waals surface area contributed by atoms with Crippen LogP contribution in [0.5, 0.6) is 0 Å². The molecule has 0 N–H and O–H groups in total. The zero-order chi connectivity index (χ0) is 11.7. The van der Waals surface area contributed by atoms with Crippen molar-refractivity contribution in [1.29, 1.82) is 0 Å². The number of nitro benzene ring substituents is 1. The molecule has 0 bridgehead atoms. The SMILES string of the molecule is CCCN1Cc2c(cccc2[N+](=O)[O-])C1=O. The lowest BCUT2D eigenvalue weighted by atomic mass is 10.1. The third kappa shape index (κ3) is 1.54. The van der Waals surface area contributed by atoms with Crippen LogP contribution in [0.3, 0.4) is 0 Å². The molecule has 1 aliphatic rings. The van der Waals surface area contributed by atoms with E-state index in [-0.39, 0.29) is 11.6 Å². The highest BCUT2D eigenvalue weighted by Gasteiger charge is 2.32. The monoisotopic (exact) mass is 220 g/mol. The van der Waals surface area contributed by atoms with Crippen molar-refractivity contribution in [2.75, 3.05) is 6.54 Å². The van der Waals surface area contributed by atoms with Gasteiger partial charge in [-0.1, -0.05) is 13.0 Å². The van der Waals surface area contributed by atoms with Crippen molar-refractivity contribution in [3.63, 3.8) is 0 Å². The largest absolute Gasteiger partial charge is 0.334 e. The summed E-state index contributed by atoms with van der Waals surface area (Å²) in [5.41, 5.74) is 1.07. The fraction of sp³-hybridized carbons (Fsp3) is 0.364. The van der Waals surface area contributed by atoms with Gasteiger partial charge >= 0.3 is 0 Å². The molecule has 0 saturated carbocycles. The molecule has 0 unspecified atom stereocenters. The molecule has 0 radical (unpaired) electrons. The van der Waals surface area contributed by atoms with Crippen molar-refractivity contribution < 1.29 is 9.72 Å². The second kappa shape index (κ2) is 3.92. The summed E-state index contributed by atoms with van der Waals surface area (Å²) in [7, 11) is 0. The van der Waals surface area contributed by atoms with Crippen LogP contribution in [-0.4, -0.2) is 22.3 Å². The van der Waals surface area contributed by atoms with E-state index in [2.05, 4.69) is 0 Å². The summed E-state index contributed by atoms with van der Waals surface area (Å²) in [5.74, 6) is -0.0967. The third-order valence-corrected chi connectivity index (χ3v) is 2.71. The van der Waals surface area contributed by atoms with Gasteiger partial charge in [-0.15, -0.1) is 0 Å². The van der Waals surface area contributed by atoms with Crippen LogP contribution < -0.4 is 0 Å². The molecule has 0 aromatic heterocycles. The summed E-state index contributed by atoms with van der Waals surface area (Å²) >= 11 is 0. The molecule has 5 nitrogen and oxygen atoms in total. The van der Waals surface area contributed by atoms with Crippen molar-refractivity contribution >= 4 is 11.6 Å². The summed E-state index contributed by atoms with van der Waals surface area (Å²) in [6.07, 6.45) is 0.855. The lowest BCUT2D eigenvalue weighted by molar-refractivity contribution is -0.385. The van der Waals surface area contributed by atoms with E-state index < -0.39 is 4.92 Å². The van der Waals surface area contributed by atoms with Gasteiger partial charge in [0.25, 0.3) is 11.6 Å². The summed E-state index contributed by atoms with van der Waals surface area (Å²) < 4.78 is 0. The van der Waals surface area contributed by atoms with Gasteiger partial charge in [-0.2, -0.15) is 0 Å². The Bertz CT molecular complexity index is 457. The zero-order valence-electron chi connectivity index (χ0n) is 8.97. The van der Waals surface area contributed by atoms with Gasteiger partial charge in [-0.3, -0.25) is 14.9 Å². The smallest absolute Gasteiger partial charge is 0.275 e. The first kappa shape index (κ1) is 10.6. The number of nitro groups is 1. The number of carbonyl (C=O) groups excluding carboxylic acids is 1. The van der Waals surface area contributed by atoms with Crippen LogP contribution in [0.1, 0.15) is 29.3 Å². The van der Waals surface area contributed by atoms with Gasteiger partial charge in [0, 0.05) is 12.6 Å². The average Bonchev–Trinajstić information content (AvgIpc) is 2.57. The molecule has 0 saturated heterocycles. The standard InChI is InChI=1S/C11H12N2O3/c1-2-6-12-7-9-8(11(12)14)4-3-5-10(9)13(15)16/h3-5H,2,6-7H2,1H3. The van der Waals surface area contributed by atoms with Crippen LogP contribution in [0.4, 0.5) is 5.69 Å². The van der Waals surface area contributed by atoms with Gasteiger partial charge in [-0.25, -0.2) is 0 Å². The average molecular weight is 220 g/mol. The Kier molecular flexibility index (Phi) is 2.60. The van der Waals surface area contributed by atoms with E-state index in [1.807, 2.05) is 6.92 Å². The Balaban J connectivity index is 2.42. The summed E-state index contributed by atoms with van der Waals surface area (Å²) in [4.78, 5) is 23.9. The highest BCUT2D eigenvalue weighted by Crippen LogP contribution is 2.30. The van der Waals surface area contributed by atoms with Gasteiger partial charge in [0.15, 0.2) is 0 Å². The first-order chi connectivity index (χ1) is 7.65. The molecule has 1 aromatic carbocycles. The zero-order valence-corrected chi connectivity index (χ0v) is 8.97. The Labute approximate surface area is 92.8 Å². The first-order valence-corrected chi connectivity index (χ1v) is 5.20. The molecular formula is C11H12N2O3. The molecule has 0 fully saturated rings. The Morgan fingerprint density at radius 1 is 1.50 bits per heavy atom. The van der Waals surface area contributed by atoms with E-state index in [1.165, 1.54) is 6.07 Å². The van der Waals surface area contributed by atoms with E-state index in [0.29, 0.717) is 24.2 Å². The minimum absolute atomic E-state index is 0.0458. The molecule has 2 rings (SSSR count). The maximum absolute atomic E-state index is 11.9. The fourth-order valence-corrected chi connectivity index (χ4v) is 2.00. The van der Waals surface area contributed by atoms with Crippen molar-refractivity contribution in [2.24, 2.45) is 0 Å². The number of hydrogen-bond acceptors (Lipinski definition) is 3. The second-order valence-corrected chi connectivity index (χ2v) is 3.79. The van der Waals surface area contributed by atoms with Crippen molar-refractivity contribution in [1.82, 2.24) is 4.90 Å². The summed E-state index contributed by atoms with van der Waals surface area (Å²) in [6, 6.07) is 4.66. The van der Waals surface area contributed by atoms with Gasteiger partial charge in [-0.05, 0) is 12.5 Å². The lowest BCUT2D eigenvalue weighted by Crippen LogP contribution is -2.24. The minimum atomic E-state index is -0.429.